The fourth-order valence-corrected chi connectivity index (χ4v) is 5.84. The number of allylic oxidation sites excluding steroid dienone is 4. The normalized spacial score (nSPS) is 12.7. The molecular weight excluding hydrogens is 627 g/mol. The Kier molecular flexibility index (Phi) is 34.3. The summed E-state index contributed by atoms with van der Waals surface area (Å²) in [6.45, 7) is 3.65. The molecule has 0 saturated heterocycles. The molecule has 0 bridgehead atoms. The van der Waals surface area contributed by atoms with Crippen molar-refractivity contribution in [1.29, 1.82) is 0 Å². The summed E-state index contributed by atoms with van der Waals surface area (Å²) in [6, 6.07) is 0. The van der Waals surface area contributed by atoms with Gasteiger partial charge in [-0.2, -0.15) is 0 Å². The van der Waals surface area contributed by atoms with Crippen LogP contribution < -0.4 is 0 Å². The van der Waals surface area contributed by atoms with Gasteiger partial charge in [-0.15, -0.1) is 0 Å². The van der Waals surface area contributed by atoms with E-state index >= 15 is 0 Å². The predicted octanol–water partition coefficient (Wildman–Crippen LogP) is 11.6. The van der Waals surface area contributed by atoms with E-state index < -0.39 is 32.5 Å². The zero-order valence-electron chi connectivity index (χ0n) is 30.9. The largest absolute Gasteiger partial charge is 0.469 e. The maximum absolute atomic E-state index is 12.3. The summed E-state index contributed by atoms with van der Waals surface area (Å²) in [5.74, 6) is -0.894. The molecule has 9 heteroatoms. The smallest absolute Gasteiger partial charge is 0.462 e. The van der Waals surface area contributed by atoms with Crippen LogP contribution in [0, 0.1) is 0 Å². The average molecular weight is 701 g/mol. The molecule has 8 nitrogen and oxygen atoms in total. The van der Waals surface area contributed by atoms with Gasteiger partial charge in [0.15, 0.2) is 6.10 Å². The molecule has 0 spiro atoms. The number of esters is 2. The average Bonchev–Trinajstić information content (AvgIpc) is 3.05. The first-order valence-corrected chi connectivity index (χ1v) is 21.2. The molecule has 0 unspecified atom stereocenters. The number of carbonyl (C=O) groups is 2. The Hall–Kier alpha value is -1.47. The van der Waals surface area contributed by atoms with Crippen molar-refractivity contribution in [2.75, 3.05) is 13.2 Å². The summed E-state index contributed by atoms with van der Waals surface area (Å²) < 4.78 is 26.3. The third kappa shape index (κ3) is 37.4. The molecule has 282 valence electrons. The first kappa shape index (κ1) is 46.5. The molecule has 0 aliphatic rings. The van der Waals surface area contributed by atoms with E-state index in [1.54, 1.807) is 0 Å². The number of hydrogen-bond acceptors (Lipinski definition) is 6. The first-order chi connectivity index (χ1) is 23.3. The Bertz CT molecular complexity index is 838. The van der Waals surface area contributed by atoms with Crippen LogP contribution in [-0.2, 0) is 28.2 Å². The van der Waals surface area contributed by atoms with Crippen LogP contribution in [0.25, 0.3) is 0 Å². The molecule has 0 aliphatic carbocycles. The van der Waals surface area contributed by atoms with Gasteiger partial charge in [-0.3, -0.25) is 14.1 Å². The Labute approximate surface area is 294 Å². The van der Waals surface area contributed by atoms with Crippen LogP contribution in [0.15, 0.2) is 24.3 Å². The van der Waals surface area contributed by atoms with Gasteiger partial charge in [0.2, 0.25) is 0 Å². The van der Waals surface area contributed by atoms with E-state index in [9.17, 15) is 14.2 Å². The zero-order valence-corrected chi connectivity index (χ0v) is 31.8. The number of carbonyl (C=O) groups excluding carboxylic acids is 2. The van der Waals surface area contributed by atoms with Gasteiger partial charge in [0, 0.05) is 12.8 Å². The molecule has 0 amide bonds. The van der Waals surface area contributed by atoms with Crippen molar-refractivity contribution in [1.82, 2.24) is 0 Å². The number of ether oxygens (including phenoxy) is 2. The lowest BCUT2D eigenvalue weighted by Gasteiger charge is -2.18. The second-order valence-corrected chi connectivity index (χ2v) is 14.5. The van der Waals surface area contributed by atoms with Crippen LogP contribution in [0.5, 0.6) is 0 Å². The first-order valence-electron chi connectivity index (χ1n) is 19.6. The van der Waals surface area contributed by atoms with E-state index in [2.05, 4.69) is 42.7 Å². The highest BCUT2D eigenvalue weighted by atomic mass is 31.2. The van der Waals surface area contributed by atoms with Gasteiger partial charge >= 0.3 is 19.8 Å². The number of hydrogen-bond donors (Lipinski definition) is 2. The minimum absolute atomic E-state index is 0.203. The van der Waals surface area contributed by atoms with E-state index in [-0.39, 0.29) is 19.4 Å². The molecule has 0 aliphatic heterocycles. The minimum Gasteiger partial charge on any atom is -0.462 e. The van der Waals surface area contributed by atoms with Crippen molar-refractivity contribution in [2.45, 2.75) is 200 Å². The van der Waals surface area contributed by atoms with Gasteiger partial charge in [-0.05, 0) is 64.2 Å². The Balaban J connectivity index is 3.93. The fourth-order valence-electron chi connectivity index (χ4n) is 5.48. The van der Waals surface area contributed by atoms with Crippen LogP contribution in [0.2, 0.25) is 0 Å². The molecule has 0 rings (SSSR count). The standard InChI is InChI=1S/C39H73O8P/c1-3-5-7-9-11-13-15-17-18-19-20-22-23-25-27-29-31-33-38(40)45-35-37(36-46-48(42,43)44)47-39(41)34-32-30-28-26-24-21-16-14-12-10-8-6-4-2/h13-16,37H,3-12,17-36H2,1-2H3,(H2,42,43,44)/b15-13+,16-14+/t37-/m1/s1. The van der Waals surface area contributed by atoms with Gasteiger partial charge in [-0.1, -0.05) is 141 Å². The van der Waals surface area contributed by atoms with Crippen molar-refractivity contribution in [3.05, 3.63) is 24.3 Å². The maximum Gasteiger partial charge on any atom is 0.469 e. The molecule has 0 aromatic carbocycles. The minimum atomic E-state index is -4.75. The van der Waals surface area contributed by atoms with Gasteiger partial charge < -0.3 is 19.3 Å². The molecule has 2 N–H and O–H groups in total. The number of phosphoric ester groups is 1. The van der Waals surface area contributed by atoms with Gasteiger partial charge in [0.25, 0.3) is 0 Å². The van der Waals surface area contributed by atoms with Crippen molar-refractivity contribution >= 4 is 19.8 Å². The molecule has 0 radical (unpaired) electrons. The van der Waals surface area contributed by atoms with Gasteiger partial charge in [0.05, 0.1) is 6.61 Å². The summed E-state index contributed by atoms with van der Waals surface area (Å²) in [7, 11) is -4.75. The van der Waals surface area contributed by atoms with Crippen molar-refractivity contribution in [3.8, 4) is 0 Å². The predicted molar refractivity (Wildman–Crippen MR) is 198 cm³/mol. The fraction of sp³-hybridized carbons (Fsp3) is 0.846. The van der Waals surface area contributed by atoms with Crippen LogP contribution in [-0.4, -0.2) is 41.0 Å². The van der Waals surface area contributed by atoms with Gasteiger partial charge in [-0.25, -0.2) is 4.57 Å². The highest BCUT2D eigenvalue weighted by molar-refractivity contribution is 7.46. The zero-order chi connectivity index (χ0) is 35.4. The lowest BCUT2D eigenvalue weighted by molar-refractivity contribution is -0.161. The van der Waals surface area contributed by atoms with Gasteiger partial charge in [0.1, 0.15) is 6.61 Å². The monoisotopic (exact) mass is 701 g/mol. The summed E-state index contributed by atoms with van der Waals surface area (Å²) >= 11 is 0. The molecule has 0 aromatic heterocycles. The molecule has 0 saturated carbocycles. The van der Waals surface area contributed by atoms with E-state index in [0.29, 0.717) is 6.42 Å². The third-order valence-corrected chi connectivity index (χ3v) is 8.93. The highest BCUT2D eigenvalue weighted by Gasteiger charge is 2.22. The molecule has 0 fully saturated rings. The van der Waals surface area contributed by atoms with Crippen LogP contribution in [0.4, 0.5) is 0 Å². The molecule has 0 heterocycles. The summed E-state index contributed by atoms with van der Waals surface area (Å²) in [6.07, 6.45) is 38.9. The Morgan fingerprint density at radius 3 is 1.27 bits per heavy atom. The van der Waals surface area contributed by atoms with Crippen molar-refractivity contribution < 1.29 is 37.9 Å². The number of rotatable bonds is 36. The Morgan fingerprint density at radius 1 is 0.521 bits per heavy atom. The van der Waals surface area contributed by atoms with Crippen LogP contribution in [0.3, 0.4) is 0 Å². The maximum atomic E-state index is 12.3. The van der Waals surface area contributed by atoms with Crippen molar-refractivity contribution in [2.24, 2.45) is 0 Å². The lowest BCUT2D eigenvalue weighted by atomic mass is 10.1. The molecule has 1 atom stereocenters. The lowest BCUT2D eigenvalue weighted by Crippen LogP contribution is -2.29. The molecular formula is C39H73O8P. The van der Waals surface area contributed by atoms with E-state index in [1.807, 2.05) is 0 Å². The summed E-state index contributed by atoms with van der Waals surface area (Å²) in [5, 5.41) is 0. The summed E-state index contributed by atoms with van der Waals surface area (Å²) in [5.41, 5.74) is 0. The van der Waals surface area contributed by atoms with Crippen LogP contribution >= 0.6 is 7.82 Å². The number of unbranched alkanes of at least 4 members (excludes halogenated alkanes) is 22. The number of phosphoric acid groups is 1. The SMILES string of the molecule is CCCCCC/C=C/CCCCCCCCCCCC(=O)OC[C@H](COP(=O)(O)O)OC(=O)CCCCCCC/C=C/CCCCCC. The quantitative estimate of drug-likeness (QED) is 0.0287. The second-order valence-electron chi connectivity index (χ2n) is 13.2. The van der Waals surface area contributed by atoms with E-state index in [1.165, 1.54) is 109 Å². The Morgan fingerprint density at radius 2 is 0.875 bits per heavy atom. The van der Waals surface area contributed by atoms with E-state index in [0.717, 1.165) is 51.4 Å². The summed E-state index contributed by atoms with van der Waals surface area (Å²) in [4.78, 5) is 42.7. The van der Waals surface area contributed by atoms with E-state index in [4.69, 9.17) is 19.3 Å². The van der Waals surface area contributed by atoms with Crippen molar-refractivity contribution in [3.63, 3.8) is 0 Å². The third-order valence-electron chi connectivity index (χ3n) is 8.44. The highest BCUT2D eigenvalue weighted by Crippen LogP contribution is 2.36. The molecule has 48 heavy (non-hydrogen) atoms. The molecule has 0 aromatic rings. The topological polar surface area (TPSA) is 119 Å². The second kappa shape index (κ2) is 35.4. The van der Waals surface area contributed by atoms with Crippen LogP contribution in [0.1, 0.15) is 194 Å².